The lowest BCUT2D eigenvalue weighted by atomic mass is 10.2. The maximum absolute atomic E-state index is 14.2. The molecule has 7 heteroatoms. The molecule has 2 aromatic carbocycles. The monoisotopic (exact) mass is 370 g/mol. The number of fused-ring (bicyclic) bond motifs is 1. The normalized spacial score (nSPS) is 11.4. The number of rotatable bonds is 4. The molecular formula is C19H15FN2O3S. The van der Waals surface area contributed by atoms with Gasteiger partial charge in [0.25, 0.3) is 5.91 Å². The molecule has 0 aliphatic rings. The summed E-state index contributed by atoms with van der Waals surface area (Å²) in [7, 11) is 3.00. The highest BCUT2D eigenvalue weighted by molar-refractivity contribution is 7.16. The maximum Gasteiger partial charge on any atom is 0.279 e. The average molecular weight is 370 g/mol. The van der Waals surface area contributed by atoms with Gasteiger partial charge in [-0.05, 0) is 30.3 Å². The van der Waals surface area contributed by atoms with E-state index in [0.29, 0.717) is 32.1 Å². The Hall–Kier alpha value is -3.11. The lowest BCUT2D eigenvalue weighted by Gasteiger charge is -2.07. The standard InChI is InChI=1S/C19H15FN2O3S/c1-4-10-22-17-13(20)6-5-7-16(17)26-19(22)21-18(23)12-8-9-14(24-2)15(11-12)25-3/h1,5-9,11H,10H2,2-3H3. The quantitative estimate of drug-likeness (QED) is 0.663. The van der Waals surface area contributed by atoms with E-state index in [1.165, 1.54) is 36.2 Å². The molecule has 3 aromatic rings. The van der Waals surface area contributed by atoms with Gasteiger partial charge >= 0.3 is 0 Å². The summed E-state index contributed by atoms with van der Waals surface area (Å²) in [6, 6.07) is 9.48. The molecule has 1 aromatic heterocycles. The van der Waals surface area contributed by atoms with Crippen molar-refractivity contribution in [1.29, 1.82) is 0 Å². The van der Waals surface area contributed by atoms with E-state index in [4.69, 9.17) is 15.9 Å². The summed E-state index contributed by atoms with van der Waals surface area (Å²) in [6.45, 7) is 0.110. The van der Waals surface area contributed by atoms with E-state index in [9.17, 15) is 9.18 Å². The highest BCUT2D eigenvalue weighted by Gasteiger charge is 2.13. The first-order chi connectivity index (χ1) is 12.6. The van der Waals surface area contributed by atoms with Crippen LogP contribution in [0.15, 0.2) is 41.4 Å². The van der Waals surface area contributed by atoms with Gasteiger partial charge in [0.2, 0.25) is 0 Å². The third-order valence-electron chi connectivity index (χ3n) is 3.73. The molecule has 132 valence electrons. The van der Waals surface area contributed by atoms with Crippen molar-refractivity contribution in [2.45, 2.75) is 6.54 Å². The zero-order valence-electron chi connectivity index (χ0n) is 14.2. The summed E-state index contributed by atoms with van der Waals surface area (Å²) < 4.78 is 26.7. The second kappa shape index (κ2) is 7.42. The van der Waals surface area contributed by atoms with Gasteiger partial charge in [0.05, 0.1) is 31.0 Å². The summed E-state index contributed by atoms with van der Waals surface area (Å²) in [5.41, 5.74) is 0.669. The SMILES string of the molecule is C#CCn1c(=NC(=O)c2ccc(OC)c(OC)c2)sc2cccc(F)c21. The molecule has 3 rings (SSSR count). The minimum absolute atomic E-state index is 0.110. The van der Waals surface area contributed by atoms with Crippen LogP contribution in [0.4, 0.5) is 4.39 Å². The van der Waals surface area contributed by atoms with Crippen LogP contribution >= 0.6 is 11.3 Å². The van der Waals surface area contributed by atoms with Gasteiger partial charge in [-0.3, -0.25) is 4.79 Å². The second-order valence-corrected chi connectivity index (χ2v) is 6.26. The van der Waals surface area contributed by atoms with Gasteiger partial charge in [-0.1, -0.05) is 23.3 Å². The van der Waals surface area contributed by atoms with Gasteiger partial charge in [-0.15, -0.1) is 6.42 Å². The number of terminal acetylenes is 1. The Balaban J connectivity index is 2.13. The number of aromatic nitrogens is 1. The fourth-order valence-electron chi connectivity index (χ4n) is 2.53. The molecule has 0 atom stereocenters. The van der Waals surface area contributed by atoms with Crippen molar-refractivity contribution >= 4 is 27.5 Å². The molecule has 5 nitrogen and oxygen atoms in total. The lowest BCUT2D eigenvalue weighted by molar-refractivity contribution is 0.0997. The lowest BCUT2D eigenvalue weighted by Crippen LogP contribution is -2.17. The molecule has 1 amide bonds. The number of carbonyl (C=O) groups is 1. The van der Waals surface area contributed by atoms with Crippen molar-refractivity contribution in [2.24, 2.45) is 4.99 Å². The number of amides is 1. The first kappa shape index (κ1) is 17.7. The van der Waals surface area contributed by atoms with Gasteiger partial charge < -0.3 is 14.0 Å². The van der Waals surface area contributed by atoms with Crippen LogP contribution in [-0.2, 0) is 6.54 Å². The van der Waals surface area contributed by atoms with E-state index in [1.807, 2.05) is 0 Å². The number of ether oxygens (including phenoxy) is 2. The van der Waals surface area contributed by atoms with Gasteiger partial charge in [0.1, 0.15) is 5.82 Å². The van der Waals surface area contributed by atoms with Gasteiger partial charge in [0.15, 0.2) is 16.3 Å². The minimum Gasteiger partial charge on any atom is -0.493 e. The molecule has 1 heterocycles. The summed E-state index contributed by atoms with van der Waals surface area (Å²) in [4.78, 5) is 17.1. The maximum atomic E-state index is 14.2. The summed E-state index contributed by atoms with van der Waals surface area (Å²) >= 11 is 1.20. The number of hydrogen-bond acceptors (Lipinski definition) is 4. The van der Waals surface area contributed by atoms with Crippen molar-refractivity contribution in [3.63, 3.8) is 0 Å². The Morgan fingerprint density at radius 1 is 1.27 bits per heavy atom. The first-order valence-electron chi connectivity index (χ1n) is 7.61. The smallest absolute Gasteiger partial charge is 0.279 e. The van der Waals surface area contributed by atoms with E-state index in [1.54, 1.807) is 30.3 Å². The first-order valence-corrected chi connectivity index (χ1v) is 8.43. The summed E-state index contributed by atoms with van der Waals surface area (Å²) in [5, 5.41) is 0. The zero-order valence-corrected chi connectivity index (χ0v) is 15.0. The third kappa shape index (κ3) is 3.19. The van der Waals surface area contributed by atoms with Crippen molar-refractivity contribution in [3.8, 4) is 23.8 Å². The van der Waals surface area contributed by atoms with Crippen LogP contribution in [0.25, 0.3) is 10.2 Å². The molecule has 26 heavy (non-hydrogen) atoms. The molecule has 0 bridgehead atoms. The van der Waals surface area contributed by atoms with Gasteiger partial charge in [0, 0.05) is 5.56 Å². The van der Waals surface area contributed by atoms with Crippen LogP contribution in [0, 0.1) is 18.2 Å². The zero-order chi connectivity index (χ0) is 18.7. The average Bonchev–Trinajstić information content (AvgIpc) is 3.00. The minimum atomic E-state index is -0.483. The molecule has 0 aliphatic carbocycles. The number of benzene rings is 2. The number of methoxy groups -OCH3 is 2. The number of hydrogen-bond donors (Lipinski definition) is 0. The van der Waals surface area contributed by atoms with Crippen LogP contribution < -0.4 is 14.3 Å². The van der Waals surface area contributed by atoms with E-state index in [-0.39, 0.29) is 6.54 Å². The largest absolute Gasteiger partial charge is 0.493 e. The molecule has 0 fully saturated rings. The number of thiazole rings is 1. The van der Waals surface area contributed by atoms with Crippen LogP contribution in [0.1, 0.15) is 10.4 Å². The molecule has 0 aliphatic heterocycles. The highest BCUT2D eigenvalue weighted by Crippen LogP contribution is 2.28. The molecule has 0 N–H and O–H groups in total. The molecule has 0 spiro atoms. The molecular weight excluding hydrogens is 355 g/mol. The van der Waals surface area contributed by atoms with E-state index in [0.717, 1.165) is 0 Å². The predicted octanol–water partition coefficient (Wildman–Crippen LogP) is 3.23. The Bertz CT molecular complexity index is 1090. The summed E-state index contributed by atoms with van der Waals surface area (Å²) in [5.74, 6) is 2.51. The molecule has 0 saturated carbocycles. The number of halogens is 1. The van der Waals surface area contributed by atoms with Gasteiger partial charge in [-0.2, -0.15) is 4.99 Å². The number of nitrogens with zero attached hydrogens (tertiary/aromatic N) is 2. The van der Waals surface area contributed by atoms with Crippen molar-refractivity contribution < 1.29 is 18.7 Å². The van der Waals surface area contributed by atoms with Gasteiger partial charge in [-0.25, -0.2) is 4.39 Å². The van der Waals surface area contributed by atoms with Crippen LogP contribution in [0.2, 0.25) is 0 Å². The highest BCUT2D eigenvalue weighted by atomic mass is 32.1. The van der Waals surface area contributed by atoms with Crippen molar-refractivity contribution in [1.82, 2.24) is 4.57 Å². The van der Waals surface area contributed by atoms with Crippen LogP contribution in [0.5, 0.6) is 11.5 Å². The summed E-state index contributed by atoms with van der Waals surface area (Å²) in [6.07, 6.45) is 5.40. The van der Waals surface area contributed by atoms with E-state index in [2.05, 4.69) is 10.9 Å². The molecule has 0 saturated heterocycles. The van der Waals surface area contributed by atoms with Crippen molar-refractivity contribution in [2.75, 3.05) is 14.2 Å². The third-order valence-corrected chi connectivity index (χ3v) is 4.77. The Morgan fingerprint density at radius 3 is 2.73 bits per heavy atom. The van der Waals surface area contributed by atoms with E-state index < -0.39 is 11.7 Å². The topological polar surface area (TPSA) is 52.8 Å². The number of para-hydroxylation sites is 1. The molecule has 0 radical (unpaired) electrons. The van der Waals surface area contributed by atoms with Crippen LogP contribution in [0.3, 0.4) is 0 Å². The fraction of sp³-hybridized carbons (Fsp3) is 0.158. The molecule has 0 unspecified atom stereocenters. The fourth-order valence-corrected chi connectivity index (χ4v) is 3.57. The van der Waals surface area contributed by atoms with Crippen molar-refractivity contribution in [3.05, 3.63) is 52.6 Å². The van der Waals surface area contributed by atoms with E-state index >= 15 is 0 Å². The number of carbonyl (C=O) groups excluding carboxylic acids is 1. The Kier molecular flexibility index (Phi) is 5.05. The van der Waals surface area contributed by atoms with Crippen LogP contribution in [-0.4, -0.2) is 24.7 Å². The Labute approximate surface area is 153 Å². The Morgan fingerprint density at radius 2 is 2.04 bits per heavy atom. The second-order valence-electron chi connectivity index (χ2n) is 5.25. The predicted molar refractivity (Wildman–Crippen MR) is 98.0 cm³/mol.